The lowest BCUT2D eigenvalue weighted by Gasteiger charge is -2.21. The molecule has 0 spiro atoms. The topological polar surface area (TPSA) is 59.1 Å². The molecular weight excluding hydrogens is 548 g/mol. The lowest BCUT2D eigenvalue weighted by molar-refractivity contribution is -0.147. The Kier molecular flexibility index (Phi) is 20.2. The Bertz CT molecular complexity index is 939. The number of carbonyl (C=O) groups is 2. The molecule has 0 N–H and O–H groups in total. The van der Waals surface area contributed by atoms with Crippen LogP contribution >= 0.6 is 0 Å². The molecule has 2 rings (SSSR count). The van der Waals surface area contributed by atoms with Gasteiger partial charge in [0, 0.05) is 0 Å². The highest BCUT2D eigenvalue weighted by Crippen LogP contribution is 2.21. The largest absolute Gasteiger partial charge is 0.460 e. The second-order valence-electron chi connectivity index (χ2n) is 12.1. The SMILES string of the molecule is CCCCCCN(CCCC)CC(=O)OCc1ccc(-c2ccc(COC(=O)CN(CCCC)CCCCCC)cc2)cc1. The number of hydrogen-bond acceptors (Lipinski definition) is 6. The number of unbranched alkanes of at least 4 members (excludes halogenated alkanes) is 8. The van der Waals surface area contributed by atoms with Gasteiger partial charge in [0.05, 0.1) is 13.1 Å². The number of esters is 2. The van der Waals surface area contributed by atoms with Gasteiger partial charge in [-0.15, -0.1) is 0 Å². The summed E-state index contributed by atoms with van der Waals surface area (Å²) < 4.78 is 11.2. The predicted molar refractivity (Wildman–Crippen MR) is 182 cm³/mol. The van der Waals surface area contributed by atoms with Crippen molar-refractivity contribution in [1.29, 1.82) is 0 Å². The van der Waals surface area contributed by atoms with Crippen molar-refractivity contribution in [2.45, 2.75) is 118 Å². The van der Waals surface area contributed by atoms with Crippen LogP contribution in [0.3, 0.4) is 0 Å². The van der Waals surface area contributed by atoms with Crippen molar-refractivity contribution in [3.8, 4) is 11.1 Å². The minimum Gasteiger partial charge on any atom is -0.460 e. The van der Waals surface area contributed by atoms with Crippen LogP contribution in [-0.2, 0) is 32.3 Å². The van der Waals surface area contributed by atoms with Gasteiger partial charge < -0.3 is 9.47 Å². The van der Waals surface area contributed by atoms with Gasteiger partial charge in [0.25, 0.3) is 0 Å². The van der Waals surface area contributed by atoms with Gasteiger partial charge >= 0.3 is 11.9 Å². The molecule has 2 aromatic carbocycles. The third-order valence-corrected chi connectivity index (χ3v) is 8.06. The van der Waals surface area contributed by atoms with Crippen molar-refractivity contribution >= 4 is 11.9 Å². The average Bonchev–Trinajstić information content (AvgIpc) is 3.04. The van der Waals surface area contributed by atoms with Crippen molar-refractivity contribution in [1.82, 2.24) is 9.80 Å². The van der Waals surface area contributed by atoms with Gasteiger partial charge in [0.15, 0.2) is 0 Å². The van der Waals surface area contributed by atoms with Crippen molar-refractivity contribution in [2.24, 2.45) is 0 Å². The summed E-state index contributed by atoms with van der Waals surface area (Å²) >= 11 is 0. The monoisotopic (exact) mass is 608 g/mol. The maximum atomic E-state index is 12.6. The molecule has 0 fully saturated rings. The number of carbonyl (C=O) groups excluding carboxylic acids is 2. The summed E-state index contributed by atoms with van der Waals surface area (Å²) in [5.74, 6) is -0.310. The summed E-state index contributed by atoms with van der Waals surface area (Å²) in [6.45, 7) is 13.9. The first kappa shape index (κ1) is 37.5. The summed E-state index contributed by atoms with van der Waals surface area (Å²) in [5.41, 5.74) is 4.14. The van der Waals surface area contributed by atoms with Gasteiger partial charge in [0.2, 0.25) is 0 Å². The number of benzene rings is 2. The lowest BCUT2D eigenvalue weighted by atomic mass is 10.0. The van der Waals surface area contributed by atoms with Crippen LogP contribution in [0.15, 0.2) is 48.5 Å². The molecule has 0 unspecified atom stereocenters. The highest BCUT2D eigenvalue weighted by molar-refractivity contribution is 5.72. The molecule has 0 atom stereocenters. The molecule has 6 heteroatoms. The van der Waals surface area contributed by atoms with Gasteiger partial charge in [0.1, 0.15) is 13.2 Å². The standard InChI is InChI=1S/C38H60N2O4/c1-5-9-13-15-27-39(25-11-7-3)29-37(41)43-31-33-17-21-35(22-18-33)36-23-19-34(20-24-36)32-44-38(42)30-40(26-12-8-4)28-16-14-10-6-2/h17-24H,5-16,25-32H2,1-4H3. The Hall–Kier alpha value is -2.70. The molecule has 0 amide bonds. The molecule has 0 aliphatic carbocycles. The van der Waals surface area contributed by atoms with Gasteiger partial charge in [-0.3, -0.25) is 19.4 Å². The molecule has 6 nitrogen and oxygen atoms in total. The Balaban J connectivity index is 1.79. The van der Waals surface area contributed by atoms with Crippen LogP contribution in [0.5, 0.6) is 0 Å². The Morgan fingerprint density at radius 1 is 0.477 bits per heavy atom. The molecular formula is C38H60N2O4. The highest BCUT2D eigenvalue weighted by atomic mass is 16.5. The lowest BCUT2D eigenvalue weighted by Crippen LogP contribution is -2.32. The van der Waals surface area contributed by atoms with Crippen molar-refractivity contribution in [3.05, 3.63) is 59.7 Å². The fourth-order valence-corrected chi connectivity index (χ4v) is 5.20. The van der Waals surface area contributed by atoms with E-state index in [1.165, 1.54) is 38.5 Å². The number of ether oxygens (including phenoxy) is 2. The maximum absolute atomic E-state index is 12.6. The van der Waals surface area contributed by atoms with E-state index in [9.17, 15) is 9.59 Å². The van der Waals surface area contributed by atoms with Gasteiger partial charge in [-0.1, -0.05) is 128 Å². The minimum atomic E-state index is -0.155. The molecule has 0 saturated carbocycles. The van der Waals surface area contributed by atoms with Gasteiger partial charge in [-0.25, -0.2) is 0 Å². The molecule has 0 bridgehead atoms. The fourth-order valence-electron chi connectivity index (χ4n) is 5.20. The van der Waals surface area contributed by atoms with Gasteiger partial charge in [-0.2, -0.15) is 0 Å². The Labute approximate surface area is 268 Å². The zero-order valence-electron chi connectivity index (χ0n) is 28.3. The molecule has 246 valence electrons. The number of rotatable bonds is 25. The first-order chi connectivity index (χ1) is 21.5. The van der Waals surface area contributed by atoms with Crippen molar-refractivity contribution < 1.29 is 19.1 Å². The van der Waals surface area contributed by atoms with E-state index in [2.05, 4.69) is 61.8 Å². The molecule has 44 heavy (non-hydrogen) atoms. The summed E-state index contributed by atoms with van der Waals surface area (Å²) in [6.07, 6.45) is 14.1. The van der Waals surface area contributed by atoms with Crippen LogP contribution in [0.1, 0.15) is 116 Å². The average molecular weight is 609 g/mol. The number of nitrogens with zero attached hydrogens (tertiary/aromatic N) is 2. The third kappa shape index (κ3) is 16.4. The Morgan fingerprint density at radius 3 is 1.16 bits per heavy atom. The smallest absolute Gasteiger partial charge is 0.320 e. The van der Waals surface area contributed by atoms with E-state index >= 15 is 0 Å². The van der Waals surface area contributed by atoms with Crippen LogP contribution < -0.4 is 0 Å². The summed E-state index contributed by atoms with van der Waals surface area (Å²) in [4.78, 5) is 29.6. The fraction of sp³-hybridized carbons (Fsp3) is 0.632. The van der Waals surface area contributed by atoms with Gasteiger partial charge in [-0.05, 0) is 74.1 Å². The first-order valence-corrected chi connectivity index (χ1v) is 17.4. The van der Waals surface area contributed by atoms with Crippen LogP contribution in [0, 0.1) is 0 Å². The molecule has 0 radical (unpaired) electrons. The summed E-state index contributed by atoms with van der Waals surface area (Å²) in [6, 6.07) is 16.3. The van der Waals surface area contributed by atoms with Crippen molar-refractivity contribution in [2.75, 3.05) is 39.3 Å². The molecule has 0 heterocycles. The van der Waals surface area contributed by atoms with E-state index in [4.69, 9.17) is 9.47 Å². The normalized spacial score (nSPS) is 11.3. The quantitative estimate of drug-likeness (QED) is 0.0829. The number of hydrogen-bond donors (Lipinski definition) is 0. The Morgan fingerprint density at radius 2 is 0.818 bits per heavy atom. The second-order valence-corrected chi connectivity index (χ2v) is 12.1. The zero-order valence-corrected chi connectivity index (χ0v) is 28.3. The molecule has 0 saturated heterocycles. The highest BCUT2D eigenvalue weighted by Gasteiger charge is 2.13. The van der Waals surface area contributed by atoms with E-state index in [0.29, 0.717) is 13.1 Å². The van der Waals surface area contributed by atoms with Crippen molar-refractivity contribution in [3.63, 3.8) is 0 Å². The second kappa shape index (κ2) is 23.7. The van der Waals surface area contributed by atoms with E-state index in [1.807, 2.05) is 24.3 Å². The van der Waals surface area contributed by atoms with E-state index in [0.717, 1.165) is 87.0 Å². The maximum Gasteiger partial charge on any atom is 0.320 e. The van der Waals surface area contributed by atoms with Crippen LogP contribution in [-0.4, -0.2) is 61.0 Å². The van der Waals surface area contributed by atoms with E-state index in [1.54, 1.807) is 0 Å². The minimum absolute atomic E-state index is 0.155. The van der Waals surface area contributed by atoms with E-state index in [-0.39, 0.29) is 25.2 Å². The molecule has 0 aliphatic heterocycles. The van der Waals surface area contributed by atoms with Crippen LogP contribution in [0.2, 0.25) is 0 Å². The summed E-state index contributed by atoms with van der Waals surface area (Å²) in [7, 11) is 0. The zero-order chi connectivity index (χ0) is 31.8. The van der Waals surface area contributed by atoms with Crippen LogP contribution in [0.4, 0.5) is 0 Å². The van der Waals surface area contributed by atoms with E-state index < -0.39 is 0 Å². The predicted octanol–water partition coefficient (Wildman–Crippen LogP) is 8.80. The first-order valence-electron chi connectivity index (χ1n) is 17.4. The summed E-state index contributed by atoms with van der Waals surface area (Å²) in [5, 5.41) is 0. The molecule has 0 aromatic heterocycles. The molecule has 0 aliphatic rings. The third-order valence-electron chi connectivity index (χ3n) is 8.06. The molecule has 2 aromatic rings. The van der Waals surface area contributed by atoms with Crippen LogP contribution in [0.25, 0.3) is 11.1 Å².